The van der Waals surface area contributed by atoms with E-state index in [0.29, 0.717) is 12.5 Å². The van der Waals surface area contributed by atoms with Crippen molar-refractivity contribution in [2.75, 3.05) is 24.4 Å². The summed E-state index contributed by atoms with van der Waals surface area (Å²) in [6.45, 7) is 6.92. The Morgan fingerprint density at radius 1 is 1.19 bits per heavy atom. The molecular weight excluding hydrogens is 374 g/mol. The molecule has 27 heavy (non-hydrogen) atoms. The van der Waals surface area contributed by atoms with Crippen LogP contribution in [0.4, 0.5) is 10.5 Å². The number of nitrogens with one attached hydrogen (secondary N) is 2. The first kappa shape index (κ1) is 21.6. The van der Waals surface area contributed by atoms with Gasteiger partial charge in [0.15, 0.2) is 0 Å². The molecule has 2 amide bonds. The number of benzene rings is 1. The molecule has 6 heteroatoms. The van der Waals surface area contributed by atoms with E-state index >= 15 is 0 Å². The number of amides is 2. The summed E-state index contributed by atoms with van der Waals surface area (Å²) < 4.78 is 0. The number of hydrogen-bond acceptors (Lipinski definition) is 4. The van der Waals surface area contributed by atoms with Crippen LogP contribution in [0.5, 0.6) is 0 Å². The number of thioether (sulfide) groups is 2. The summed E-state index contributed by atoms with van der Waals surface area (Å²) in [7, 11) is 0. The third-order valence-electron chi connectivity index (χ3n) is 4.61. The number of carbonyl (C=O) groups excluding carboxylic acids is 1. The van der Waals surface area contributed by atoms with E-state index in [1.165, 1.54) is 11.1 Å². The third kappa shape index (κ3) is 5.66. The molecule has 2 N–H and O–H groups in total. The average molecular weight is 404 g/mol. The molecule has 1 unspecified atom stereocenters. The molecule has 2 rings (SSSR count). The number of rotatable bonds is 8. The fourth-order valence-electron chi connectivity index (χ4n) is 3.14. The number of hydrogen-bond donors (Lipinski definition) is 2. The van der Waals surface area contributed by atoms with Crippen LogP contribution in [0.3, 0.4) is 0 Å². The van der Waals surface area contributed by atoms with Crippen LogP contribution in [0, 0.1) is 6.92 Å². The smallest absolute Gasteiger partial charge is 0.319 e. The number of aromatic nitrogens is 1. The van der Waals surface area contributed by atoms with E-state index in [-0.39, 0.29) is 6.03 Å². The van der Waals surface area contributed by atoms with Crippen LogP contribution in [0.2, 0.25) is 0 Å². The van der Waals surface area contributed by atoms with Gasteiger partial charge in [-0.3, -0.25) is 0 Å². The van der Waals surface area contributed by atoms with Crippen LogP contribution in [0.1, 0.15) is 43.0 Å². The summed E-state index contributed by atoms with van der Waals surface area (Å²) in [5, 5.41) is 6.91. The lowest BCUT2D eigenvalue weighted by Crippen LogP contribution is -2.33. The van der Waals surface area contributed by atoms with Crippen molar-refractivity contribution in [2.45, 2.75) is 49.5 Å². The van der Waals surface area contributed by atoms with Crippen molar-refractivity contribution in [1.29, 1.82) is 0 Å². The highest BCUT2D eigenvalue weighted by molar-refractivity contribution is 7.99. The molecule has 0 aliphatic carbocycles. The van der Waals surface area contributed by atoms with Gasteiger partial charge in [0.25, 0.3) is 0 Å². The van der Waals surface area contributed by atoms with Gasteiger partial charge in [0, 0.05) is 23.1 Å². The molecule has 4 nitrogen and oxygen atoms in total. The standard InChI is InChI=1S/C21H29N3OS2/c1-6-15-10-8-9-11-17(15)16(7-2)13-22-21(25)24-19-18(26-4)12-14(3)23-20(19)27-5/h8-12,16H,6-7,13H2,1-5H3,(H2,22,24,25). The Morgan fingerprint density at radius 2 is 1.93 bits per heavy atom. The monoisotopic (exact) mass is 403 g/mol. The molecule has 0 saturated carbocycles. The Bertz CT molecular complexity index is 755. The average Bonchev–Trinajstić information content (AvgIpc) is 2.69. The molecule has 1 aromatic heterocycles. The van der Waals surface area contributed by atoms with Gasteiger partial charge < -0.3 is 10.6 Å². The van der Waals surface area contributed by atoms with Crippen LogP contribution >= 0.6 is 23.5 Å². The summed E-state index contributed by atoms with van der Waals surface area (Å²) in [6, 6.07) is 10.3. The summed E-state index contributed by atoms with van der Waals surface area (Å²) in [5.74, 6) is 0.308. The lowest BCUT2D eigenvalue weighted by molar-refractivity contribution is 0.251. The number of anilines is 1. The molecule has 1 atom stereocenters. The van der Waals surface area contributed by atoms with Crippen molar-refractivity contribution >= 4 is 35.2 Å². The molecule has 0 aliphatic heterocycles. The highest BCUT2D eigenvalue weighted by atomic mass is 32.2. The minimum atomic E-state index is -0.182. The number of pyridine rings is 1. The first-order chi connectivity index (χ1) is 13.0. The zero-order valence-electron chi connectivity index (χ0n) is 16.8. The lowest BCUT2D eigenvalue weighted by atomic mass is 9.91. The topological polar surface area (TPSA) is 54.0 Å². The predicted octanol–water partition coefficient (Wildman–Crippen LogP) is 5.71. The second kappa shape index (κ2) is 10.6. The van der Waals surface area contributed by atoms with E-state index in [1.54, 1.807) is 23.5 Å². The fourth-order valence-corrected chi connectivity index (χ4v) is 4.45. The summed E-state index contributed by atoms with van der Waals surface area (Å²) in [5.41, 5.74) is 4.43. The van der Waals surface area contributed by atoms with Gasteiger partial charge in [-0.25, -0.2) is 9.78 Å². The molecule has 0 spiro atoms. The number of aryl methyl sites for hydroxylation is 2. The maximum absolute atomic E-state index is 12.6. The minimum absolute atomic E-state index is 0.182. The van der Waals surface area contributed by atoms with Gasteiger partial charge in [-0.1, -0.05) is 38.1 Å². The van der Waals surface area contributed by atoms with Crippen molar-refractivity contribution in [3.05, 3.63) is 47.2 Å². The van der Waals surface area contributed by atoms with Gasteiger partial charge in [0.05, 0.1) is 5.69 Å². The highest BCUT2D eigenvalue weighted by Gasteiger charge is 2.16. The Kier molecular flexibility index (Phi) is 8.51. The fraction of sp³-hybridized carbons (Fsp3) is 0.429. The molecule has 0 bridgehead atoms. The molecule has 1 heterocycles. The van der Waals surface area contributed by atoms with E-state index in [4.69, 9.17) is 0 Å². The van der Waals surface area contributed by atoms with Crippen LogP contribution in [-0.2, 0) is 6.42 Å². The number of carbonyl (C=O) groups is 1. The van der Waals surface area contributed by atoms with Gasteiger partial charge in [-0.05, 0) is 49.5 Å². The van der Waals surface area contributed by atoms with Gasteiger partial charge in [-0.2, -0.15) is 0 Å². The number of nitrogens with zero attached hydrogens (tertiary/aromatic N) is 1. The van der Waals surface area contributed by atoms with Gasteiger partial charge in [-0.15, -0.1) is 23.5 Å². The lowest BCUT2D eigenvalue weighted by Gasteiger charge is -2.20. The van der Waals surface area contributed by atoms with Crippen molar-refractivity contribution in [2.24, 2.45) is 0 Å². The largest absolute Gasteiger partial charge is 0.337 e. The highest BCUT2D eigenvalue weighted by Crippen LogP contribution is 2.33. The Balaban J connectivity index is 2.10. The zero-order valence-corrected chi connectivity index (χ0v) is 18.4. The summed E-state index contributed by atoms with van der Waals surface area (Å²) >= 11 is 3.16. The van der Waals surface area contributed by atoms with Crippen LogP contribution in [0.25, 0.3) is 0 Å². The molecule has 2 aromatic rings. The normalized spacial score (nSPS) is 11.9. The van der Waals surface area contributed by atoms with Crippen molar-refractivity contribution < 1.29 is 4.79 Å². The molecule has 1 aromatic carbocycles. The quantitative estimate of drug-likeness (QED) is 0.554. The zero-order chi connectivity index (χ0) is 19.8. The third-order valence-corrected chi connectivity index (χ3v) is 6.05. The first-order valence-electron chi connectivity index (χ1n) is 9.26. The first-order valence-corrected chi connectivity index (χ1v) is 11.7. The van der Waals surface area contributed by atoms with Crippen molar-refractivity contribution in [1.82, 2.24) is 10.3 Å². The molecular formula is C21H29N3OS2. The van der Waals surface area contributed by atoms with Crippen molar-refractivity contribution in [3.8, 4) is 0 Å². The van der Waals surface area contributed by atoms with Gasteiger partial charge in [0.1, 0.15) is 5.03 Å². The van der Waals surface area contributed by atoms with E-state index in [0.717, 1.165) is 34.1 Å². The molecule has 0 fully saturated rings. The van der Waals surface area contributed by atoms with E-state index in [2.05, 4.69) is 53.7 Å². The molecule has 0 aliphatic rings. The van der Waals surface area contributed by atoms with Crippen LogP contribution in [0.15, 0.2) is 40.3 Å². The van der Waals surface area contributed by atoms with Gasteiger partial charge >= 0.3 is 6.03 Å². The Labute approximate surface area is 171 Å². The number of urea groups is 1. The Morgan fingerprint density at radius 3 is 2.56 bits per heavy atom. The SMILES string of the molecule is CCc1ccccc1C(CC)CNC(=O)Nc1c(SC)cc(C)nc1SC. The van der Waals surface area contributed by atoms with Crippen LogP contribution in [-0.4, -0.2) is 30.1 Å². The van der Waals surface area contributed by atoms with E-state index in [1.807, 2.05) is 25.5 Å². The molecule has 0 saturated heterocycles. The molecule has 0 radical (unpaired) electrons. The summed E-state index contributed by atoms with van der Waals surface area (Å²) in [6.07, 6.45) is 5.97. The second-order valence-electron chi connectivity index (χ2n) is 6.34. The van der Waals surface area contributed by atoms with Gasteiger partial charge in [0.2, 0.25) is 0 Å². The van der Waals surface area contributed by atoms with Crippen molar-refractivity contribution in [3.63, 3.8) is 0 Å². The maximum atomic E-state index is 12.6. The van der Waals surface area contributed by atoms with Crippen LogP contribution < -0.4 is 10.6 Å². The van der Waals surface area contributed by atoms with E-state index < -0.39 is 0 Å². The predicted molar refractivity (Wildman–Crippen MR) is 118 cm³/mol. The van der Waals surface area contributed by atoms with E-state index in [9.17, 15) is 4.79 Å². The summed E-state index contributed by atoms with van der Waals surface area (Å²) in [4.78, 5) is 18.1. The maximum Gasteiger partial charge on any atom is 0.319 e. The Hall–Kier alpha value is -1.66. The minimum Gasteiger partial charge on any atom is -0.337 e. The second-order valence-corrected chi connectivity index (χ2v) is 7.99. The molecule has 146 valence electrons.